The van der Waals surface area contributed by atoms with Gasteiger partial charge in [0.2, 0.25) is 11.8 Å². The minimum absolute atomic E-state index is 0.0945. The first-order valence-electron chi connectivity index (χ1n) is 9.37. The molecule has 0 amide bonds. The smallest absolute Gasteiger partial charge is 0.416 e. The van der Waals surface area contributed by atoms with E-state index in [1.807, 2.05) is 0 Å². The molecule has 1 aromatic heterocycles. The lowest BCUT2D eigenvalue weighted by molar-refractivity contribution is -0.144. The summed E-state index contributed by atoms with van der Waals surface area (Å²) >= 11 is 6.15. The van der Waals surface area contributed by atoms with Crippen LogP contribution in [-0.4, -0.2) is 34.2 Å². The van der Waals surface area contributed by atoms with Crippen molar-refractivity contribution in [3.05, 3.63) is 70.6 Å². The van der Waals surface area contributed by atoms with E-state index in [1.165, 1.54) is 12.1 Å². The Hall–Kier alpha value is -2.91. The summed E-state index contributed by atoms with van der Waals surface area (Å²) in [7, 11) is 0. The van der Waals surface area contributed by atoms with Crippen LogP contribution in [0.1, 0.15) is 23.9 Å². The van der Waals surface area contributed by atoms with Crippen LogP contribution in [-0.2, 0) is 28.8 Å². The number of carbonyl (C=O) groups excluding carboxylic acids is 1. The highest BCUT2D eigenvalue weighted by atomic mass is 35.5. The van der Waals surface area contributed by atoms with E-state index in [2.05, 4.69) is 10.2 Å². The fraction of sp³-hybridized carbons (Fsp3) is 0.286. The van der Waals surface area contributed by atoms with Crippen LogP contribution < -0.4 is 0 Å². The number of benzene rings is 2. The maximum Gasteiger partial charge on any atom is 0.416 e. The average molecular weight is 454 g/mol. The molecule has 0 spiro atoms. The number of rotatable bonds is 8. The largest absolute Gasteiger partial charge is 0.465 e. The van der Waals surface area contributed by atoms with E-state index < -0.39 is 17.7 Å². The number of ether oxygens (including phenoxy) is 1. The van der Waals surface area contributed by atoms with Gasteiger partial charge in [-0.1, -0.05) is 35.9 Å². The minimum Gasteiger partial charge on any atom is -0.465 e. The number of alkyl halides is 3. The summed E-state index contributed by atoms with van der Waals surface area (Å²) in [6.07, 6.45) is -4.41. The van der Waals surface area contributed by atoms with E-state index in [9.17, 15) is 18.0 Å². The Morgan fingerprint density at radius 3 is 2.45 bits per heavy atom. The standard InChI is InChI=1S/C21H19ClF3N3O3/c1-2-30-19(29)13-28(11-14-7-9-15(10-8-14)21(23,24)25)12-18-26-27-20(31-18)16-5-3-4-6-17(16)22/h3-10H,2,11-13H2,1H3. The molecule has 3 aromatic rings. The van der Waals surface area contributed by atoms with Gasteiger partial charge in [0.25, 0.3) is 0 Å². The number of hydrogen-bond donors (Lipinski definition) is 0. The zero-order valence-electron chi connectivity index (χ0n) is 16.5. The first kappa shape index (κ1) is 22.8. The maximum atomic E-state index is 12.8. The molecule has 0 radical (unpaired) electrons. The Bertz CT molecular complexity index is 1020. The molecule has 0 unspecified atom stereocenters. The molecule has 2 aromatic carbocycles. The first-order valence-corrected chi connectivity index (χ1v) is 9.75. The zero-order chi connectivity index (χ0) is 22.4. The van der Waals surface area contributed by atoms with Gasteiger partial charge >= 0.3 is 12.1 Å². The molecule has 0 aliphatic heterocycles. The SMILES string of the molecule is CCOC(=O)CN(Cc1ccc(C(F)(F)F)cc1)Cc1nnc(-c2ccccc2Cl)o1. The summed E-state index contributed by atoms with van der Waals surface area (Å²) in [5.41, 5.74) is 0.417. The van der Waals surface area contributed by atoms with Crippen molar-refractivity contribution in [2.45, 2.75) is 26.2 Å². The lowest BCUT2D eigenvalue weighted by atomic mass is 10.1. The summed E-state index contributed by atoms with van der Waals surface area (Å²) in [5.74, 6) is -0.0161. The summed E-state index contributed by atoms with van der Waals surface area (Å²) in [6.45, 7) is 2.08. The third-order valence-corrected chi connectivity index (χ3v) is 4.61. The quantitative estimate of drug-likeness (QED) is 0.448. The number of esters is 1. The number of halogens is 4. The molecule has 0 aliphatic carbocycles. The van der Waals surface area contributed by atoms with Crippen molar-refractivity contribution in [2.24, 2.45) is 0 Å². The second-order valence-corrected chi connectivity index (χ2v) is 7.03. The van der Waals surface area contributed by atoms with E-state index in [1.54, 1.807) is 36.1 Å². The highest BCUT2D eigenvalue weighted by Crippen LogP contribution is 2.29. The van der Waals surface area contributed by atoms with Gasteiger partial charge in [-0.05, 0) is 36.8 Å². The van der Waals surface area contributed by atoms with Gasteiger partial charge in [-0.25, -0.2) is 0 Å². The molecule has 0 N–H and O–H groups in total. The van der Waals surface area contributed by atoms with E-state index >= 15 is 0 Å². The summed E-state index contributed by atoms with van der Waals surface area (Å²) < 4.78 is 49.0. The Kier molecular flexibility index (Phi) is 7.29. The second-order valence-electron chi connectivity index (χ2n) is 6.63. The number of aromatic nitrogens is 2. The van der Waals surface area contributed by atoms with Gasteiger partial charge in [0.15, 0.2) is 0 Å². The van der Waals surface area contributed by atoms with E-state index in [0.717, 1.165) is 12.1 Å². The predicted molar refractivity (Wildman–Crippen MR) is 107 cm³/mol. The molecule has 0 saturated carbocycles. The lowest BCUT2D eigenvalue weighted by Gasteiger charge is -2.20. The Labute approximate surface area is 181 Å². The van der Waals surface area contributed by atoms with Crippen molar-refractivity contribution in [2.75, 3.05) is 13.2 Å². The number of hydrogen-bond acceptors (Lipinski definition) is 6. The Morgan fingerprint density at radius 1 is 1.10 bits per heavy atom. The van der Waals surface area contributed by atoms with Crippen molar-refractivity contribution in [1.29, 1.82) is 0 Å². The minimum atomic E-state index is -4.41. The molecule has 3 rings (SSSR count). The molecule has 0 aliphatic rings. The van der Waals surface area contributed by atoms with Gasteiger partial charge in [-0.2, -0.15) is 13.2 Å². The van der Waals surface area contributed by atoms with Gasteiger partial charge in [0.1, 0.15) is 0 Å². The van der Waals surface area contributed by atoms with Gasteiger partial charge in [0.05, 0.1) is 35.8 Å². The Balaban J connectivity index is 1.76. The molecule has 164 valence electrons. The third-order valence-electron chi connectivity index (χ3n) is 4.28. The van der Waals surface area contributed by atoms with Crippen molar-refractivity contribution >= 4 is 17.6 Å². The third kappa shape index (κ3) is 6.28. The van der Waals surface area contributed by atoms with Crippen molar-refractivity contribution < 1.29 is 27.1 Å². The van der Waals surface area contributed by atoms with Crippen molar-refractivity contribution in [3.63, 3.8) is 0 Å². The number of nitrogens with zero attached hydrogens (tertiary/aromatic N) is 3. The van der Waals surface area contributed by atoms with Crippen LogP contribution in [0.3, 0.4) is 0 Å². The molecule has 6 nitrogen and oxygen atoms in total. The van der Waals surface area contributed by atoms with Crippen LogP contribution in [0.5, 0.6) is 0 Å². The summed E-state index contributed by atoms with van der Waals surface area (Å²) in [4.78, 5) is 13.6. The zero-order valence-corrected chi connectivity index (χ0v) is 17.3. The molecule has 0 saturated heterocycles. The van der Waals surface area contributed by atoms with Crippen molar-refractivity contribution in [1.82, 2.24) is 15.1 Å². The van der Waals surface area contributed by atoms with Crippen LogP contribution >= 0.6 is 11.6 Å². The second kappa shape index (κ2) is 9.93. The molecular weight excluding hydrogens is 435 g/mol. The number of carbonyl (C=O) groups is 1. The van der Waals surface area contributed by atoms with Crippen molar-refractivity contribution in [3.8, 4) is 11.5 Å². The van der Waals surface area contributed by atoms with Crippen LogP contribution in [0.25, 0.3) is 11.5 Å². The molecular formula is C21H19ClF3N3O3. The average Bonchev–Trinajstić information content (AvgIpc) is 3.16. The highest BCUT2D eigenvalue weighted by Gasteiger charge is 2.30. The van der Waals surface area contributed by atoms with Gasteiger partial charge < -0.3 is 9.15 Å². The predicted octanol–water partition coefficient (Wildman–Crippen LogP) is 4.97. The highest BCUT2D eigenvalue weighted by molar-refractivity contribution is 6.33. The van der Waals surface area contributed by atoms with Crippen LogP contribution in [0.4, 0.5) is 13.2 Å². The van der Waals surface area contributed by atoms with Crippen LogP contribution in [0.2, 0.25) is 5.02 Å². The summed E-state index contributed by atoms with van der Waals surface area (Å²) in [5, 5.41) is 8.44. The fourth-order valence-corrected chi connectivity index (χ4v) is 3.08. The fourth-order valence-electron chi connectivity index (χ4n) is 2.87. The molecule has 31 heavy (non-hydrogen) atoms. The van der Waals surface area contributed by atoms with Gasteiger partial charge in [-0.15, -0.1) is 10.2 Å². The monoisotopic (exact) mass is 453 g/mol. The lowest BCUT2D eigenvalue weighted by Crippen LogP contribution is -2.30. The topological polar surface area (TPSA) is 68.5 Å². The Morgan fingerprint density at radius 2 is 1.81 bits per heavy atom. The van der Waals surface area contributed by atoms with Gasteiger partial charge in [0, 0.05) is 6.54 Å². The maximum absolute atomic E-state index is 12.8. The normalized spacial score (nSPS) is 11.7. The van der Waals surface area contributed by atoms with E-state index in [-0.39, 0.29) is 38.0 Å². The molecule has 0 bridgehead atoms. The van der Waals surface area contributed by atoms with Crippen LogP contribution in [0.15, 0.2) is 52.9 Å². The molecule has 1 heterocycles. The first-order chi connectivity index (χ1) is 14.8. The van der Waals surface area contributed by atoms with E-state index in [4.69, 9.17) is 20.8 Å². The molecule has 0 fully saturated rings. The van der Waals surface area contributed by atoms with Gasteiger partial charge in [-0.3, -0.25) is 9.69 Å². The van der Waals surface area contributed by atoms with Crippen LogP contribution in [0, 0.1) is 0 Å². The molecule has 10 heteroatoms. The van der Waals surface area contributed by atoms with E-state index in [0.29, 0.717) is 16.1 Å². The summed E-state index contributed by atoms with van der Waals surface area (Å²) in [6, 6.07) is 11.7. The molecule has 0 atom stereocenters.